The van der Waals surface area contributed by atoms with Crippen LogP contribution < -0.4 is 0 Å². The minimum Gasteiger partial charge on any atom is -0.260 e. The van der Waals surface area contributed by atoms with Gasteiger partial charge in [-0.2, -0.15) is 0 Å². The first-order chi connectivity index (χ1) is 13.9. The van der Waals surface area contributed by atoms with E-state index in [9.17, 15) is 0 Å². The zero-order valence-electron chi connectivity index (χ0n) is 14.9. The Labute approximate surface area is 160 Å². The normalized spacial score (nSPS) is 12.9. The standard InChI is InChI=1S/C24H14N4/c1-2-6-16-14(5-1)11-15-12-19-17-7-3-9-25-22(17)28-23(20(19)13-18(15)16)27-21-8-4-10-26-24(21)28/h1-10,12-13H,11H2. The molecule has 0 spiro atoms. The number of aromatic nitrogens is 4. The quantitative estimate of drug-likeness (QED) is 0.352. The van der Waals surface area contributed by atoms with Gasteiger partial charge < -0.3 is 0 Å². The Hall–Kier alpha value is -3.79. The molecule has 0 saturated carbocycles. The van der Waals surface area contributed by atoms with Crippen LogP contribution in [-0.2, 0) is 6.42 Å². The van der Waals surface area contributed by atoms with E-state index in [1.807, 2.05) is 30.6 Å². The average Bonchev–Trinajstić information content (AvgIpc) is 3.31. The summed E-state index contributed by atoms with van der Waals surface area (Å²) in [5, 5.41) is 3.49. The van der Waals surface area contributed by atoms with Gasteiger partial charge in [0, 0.05) is 23.2 Å². The van der Waals surface area contributed by atoms with Gasteiger partial charge in [0.1, 0.15) is 16.8 Å². The molecule has 0 N–H and O–H groups in total. The molecule has 130 valence electrons. The van der Waals surface area contributed by atoms with Crippen molar-refractivity contribution in [2.45, 2.75) is 6.42 Å². The zero-order chi connectivity index (χ0) is 18.2. The Bertz CT molecular complexity index is 1590. The zero-order valence-corrected chi connectivity index (χ0v) is 14.9. The van der Waals surface area contributed by atoms with Crippen molar-refractivity contribution in [2.24, 2.45) is 0 Å². The average molecular weight is 358 g/mol. The van der Waals surface area contributed by atoms with Crippen LogP contribution >= 0.6 is 0 Å². The van der Waals surface area contributed by atoms with Crippen molar-refractivity contribution in [1.29, 1.82) is 0 Å². The minimum absolute atomic E-state index is 0.851. The number of imidazole rings is 1. The number of pyridine rings is 3. The number of benzene rings is 2. The highest BCUT2D eigenvalue weighted by Crippen LogP contribution is 2.41. The van der Waals surface area contributed by atoms with E-state index < -0.39 is 0 Å². The van der Waals surface area contributed by atoms with Crippen molar-refractivity contribution in [1.82, 2.24) is 19.4 Å². The molecule has 0 saturated heterocycles. The molecule has 0 aliphatic heterocycles. The van der Waals surface area contributed by atoms with Crippen LogP contribution in [0, 0.1) is 0 Å². The molecule has 0 bridgehead atoms. The molecule has 4 heterocycles. The summed E-state index contributed by atoms with van der Waals surface area (Å²) in [6, 6.07) is 21.4. The van der Waals surface area contributed by atoms with Crippen LogP contribution in [0.1, 0.15) is 11.1 Å². The second-order valence-electron chi connectivity index (χ2n) is 7.38. The Morgan fingerprint density at radius 1 is 0.643 bits per heavy atom. The van der Waals surface area contributed by atoms with Gasteiger partial charge in [-0.1, -0.05) is 24.3 Å². The number of nitrogens with zero attached hydrogens (tertiary/aromatic N) is 4. The molecule has 1 aliphatic carbocycles. The Kier molecular flexibility index (Phi) is 2.51. The number of fused-ring (bicyclic) bond motifs is 11. The second-order valence-corrected chi connectivity index (χ2v) is 7.38. The molecule has 6 aromatic rings. The molecule has 0 unspecified atom stereocenters. The topological polar surface area (TPSA) is 43.1 Å². The fourth-order valence-corrected chi connectivity index (χ4v) is 4.67. The predicted molar refractivity (Wildman–Crippen MR) is 112 cm³/mol. The smallest absolute Gasteiger partial charge is 0.166 e. The van der Waals surface area contributed by atoms with E-state index in [1.165, 1.54) is 27.6 Å². The summed E-state index contributed by atoms with van der Waals surface area (Å²) in [5.74, 6) is 0. The Morgan fingerprint density at radius 2 is 1.50 bits per heavy atom. The van der Waals surface area contributed by atoms with E-state index in [0.29, 0.717) is 0 Å². The van der Waals surface area contributed by atoms with Crippen molar-refractivity contribution < 1.29 is 0 Å². The van der Waals surface area contributed by atoms with Crippen molar-refractivity contribution in [3.63, 3.8) is 0 Å². The van der Waals surface area contributed by atoms with Crippen LogP contribution in [0.2, 0.25) is 0 Å². The maximum atomic E-state index is 4.94. The van der Waals surface area contributed by atoms with E-state index in [0.717, 1.165) is 39.7 Å². The van der Waals surface area contributed by atoms with Gasteiger partial charge in [-0.3, -0.25) is 4.40 Å². The highest BCUT2D eigenvalue weighted by atomic mass is 15.1. The first-order valence-electron chi connectivity index (χ1n) is 9.43. The molecule has 7 rings (SSSR count). The lowest BCUT2D eigenvalue weighted by atomic mass is 9.99. The van der Waals surface area contributed by atoms with Crippen molar-refractivity contribution >= 4 is 38.6 Å². The second kappa shape index (κ2) is 4.93. The number of hydrogen-bond acceptors (Lipinski definition) is 3. The summed E-state index contributed by atoms with van der Waals surface area (Å²) in [5.41, 5.74) is 8.97. The molecular weight excluding hydrogens is 344 g/mol. The lowest BCUT2D eigenvalue weighted by Crippen LogP contribution is -1.95. The van der Waals surface area contributed by atoms with E-state index >= 15 is 0 Å². The highest BCUT2D eigenvalue weighted by Gasteiger charge is 2.22. The first-order valence-corrected chi connectivity index (χ1v) is 9.43. The monoisotopic (exact) mass is 358 g/mol. The Morgan fingerprint density at radius 3 is 2.46 bits per heavy atom. The maximum absolute atomic E-state index is 4.94. The van der Waals surface area contributed by atoms with Crippen LogP contribution in [0.25, 0.3) is 49.7 Å². The highest BCUT2D eigenvalue weighted by molar-refractivity contribution is 6.14. The van der Waals surface area contributed by atoms with Crippen LogP contribution in [0.4, 0.5) is 0 Å². The molecule has 0 amide bonds. The lowest BCUT2D eigenvalue weighted by Gasteiger charge is -2.10. The molecule has 0 fully saturated rings. The SMILES string of the molecule is c1ccc2c(c1)Cc1cc3c4cccnc4n4c5ncccc5nc4c3cc1-2. The summed E-state index contributed by atoms with van der Waals surface area (Å²) in [6.07, 6.45) is 4.63. The van der Waals surface area contributed by atoms with Crippen LogP contribution in [0.3, 0.4) is 0 Å². The summed E-state index contributed by atoms with van der Waals surface area (Å²) in [6.45, 7) is 0. The molecule has 4 aromatic heterocycles. The van der Waals surface area contributed by atoms with E-state index in [4.69, 9.17) is 9.97 Å². The summed E-state index contributed by atoms with van der Waals surface area (Å²) >= 11 is 0. The summed E-state index contributed by atoms with van der Waals surface area (Å²) in [4.78, 5) is 14.2. The third kappa shape index (κ3) is 1.68. The molecule has 4 nitrogen and oxygen atoms in total. The van der Waals surface area contributed by atoms with Gasteiger partial charge in [0.25, 0.3) is 0 Å². The van der Waals surface area contributed by atoms with E-state index in [2.05, 4.69) is 51.8 Å². The Balaban J connectivity index is 1.75. The molecule has 4 heteroatoms. The van der Waals surface area contributed by atoms with Crippen LogP contribution in [0.5, 0.6) is 0 Å². The van der Waals surface area contributed by atoms with Gasteiger partial charge in [0.2, 0.25) is 0 Å². The van der Waals surface area contributed by atoms with Crippen molar-refractivity contribution in [3.8, 4) is 11.1 Å². The molecule has 0 radical (unpaired) electrons. The van der Waals surface area contributed by atoms with Crippen LogP contribution in [-0.4, -0.2) is 19.4 Å². The minimum atomic E-state index is 0.851. The third-order valence-electron chi connectivity index (χ3n) is 5.88. The predicted octanol–water partition coefficient (Wildman–Crippen LogP) is 5.16. The van der Waals surface area contributed by atoms with Crippen LogP contribution in [0.15, 0.2) is 73.1 Å². The van der Waals surface area contributed by atoms with E-state index in [-0.39, 0.29) is 0 Å². The molecule has 28 heavy (non-hydrogen) atoms. The van der Waals surface area contributed by atoms with Crippen molar-refractivity contribution in [3.05, 3.63) is 84.2 Å². The van der Waals surface area contributed by atoms with Gasteiger partial charge in [-0.25, -0.2) is 15.0 Å². The van der Waals surface area contributed by atoms with Gasteiger partial charge in [-0.15, -0.1) is 0 Å². The fourth-order valence-electron chi connectivity index (χ4n) is 4.67. The van der Waals surface area contributed by atoms with Gasteiger partial charge in [0.05, 0.1) is 0 Å². The van der Waals surface area contributed by atoms with Gasteiger partial charge in [0.15, 0.2) is 5.65 Å². The largest absolute Gasteiger partial charge is 0.260 e. The molecule has 1 aliphatic rings. The maximum Gasteiger partial charge on any atom is 0.166 e. The number of hydrogen-bond donors (Lipinski definition) is 0. The summed E-state index contributed by atoms with van der Waals surface area (Å²) < 4.78 is 2.10. The molecular formula is C24H14N4. The van der Waals surface area contributed by atoms with Gasteiger partial charge in [-0.05, 0) is 70.5 Å². The molecule has 0 atom stereocenters. The lowest BCUT2D eigenvalue weighted by molar-refractivity contribution is 1.19. The van der Waals surface area contributed by atoms with E-state index in [1.54, 1.807) is 0 Å². The molecule has 2 aromatic carbocycles. The first kappa shape index (κ1) is 14.3. The number of rotatable bonds is 0. The summed E-state index contributed by atoms with van der Waals surface area (Å²) in [7, 11) is 0. The van der Waals surface area contributed by atoms with Gasteiger partial charge >= 0.3 is 0 Å². The third-order valence-corrected chi connectivity index (χ3v) is 5.88. The van der Waals surface area contributed by atoms with Crippen molar-refractivity contribution in [2.75, 3.05) is 0 Å². The fraction of sp³-hybridized carbons (Fsp3) is 0.0417.